The van der Waals surface area contributed by atoms with E-state index in [9.17, 15) is 14.0 Å². The van der Waals surface area contributed by atoms with Crippen LogP contribution in [0.15, 0.2) is 29.2 Å². The molecule has 130 valence electrons. The molecule has 3 nitrogen and oxygen atoms in total. The van der Waals surface area contributed by atoms with Crippen molar-refractivity contribution < 1.29 is 14.0 Å². The van der Waals surface area contributed by atoms with Crippen LogP contribution in [0.3, 0.4) is 0 Å². The zero-order valence-electron chi connectivity index (χ0n) is 14.5. The van der Waals surface area contributed by atoms with Gasteiger partial charge in [0.15, 0.2) is 0 Å². The summed E-state index contributed by atoms with van der Waals surface area (Å²) in [6.07, 6.45) is 4.03. The molecule has 0 radical (unpaired) electrons. The number of rotatable bonds is 8. The standard InChI is InChI=1S/C19H24FNO2S/c1-4-5-6-7-12-21-18(22)16(14-8-10-15(20)11-9-14)17(19(21)23)24-13(2)3/h8-11,13H,4-7,12H2,1-3H3. The van der Waals surface area contributed by atoms with Crippen LogP contribution < -0.4 is 0 Å². The number of carbonyl (C=O) groups is 2. The van der Waals surface area contributed by atoms with E-state index in [-0.39, 0.29) is 22.9 Å². The molecule has 24 heavy (non-hydrogen) atoms. The van der Waals surface area contributed by atoms with Gasteiger partial charge in [-0.2, -0.15) is 0 Å². The number of imide groups is 1. The third-order valence-corrected chi connectivity index (χ3v) is 4.93. The molecule has 0 bridgehead atoms. The van der Waals surface area contributed by atoms with E-state index >= 15 is 0 Å². The smallest absolute Gasteiger partial charge is 0.267 e. The monoisotopic (exact) mass is 349 g/mol. The maximum Gasteiger partial charge on any atom is 0.267 e. The minimum Gasteiger partial charge on any atom is -0.274 e. The predicted molar refractivity (Wildman–Crippen MR) is 96.9 cm³/mol. The van der Waals surface area contributed by atoms with E-state index in [2.05, 4.69) is 6.92 Å². The van der Waals surface area contributed by atoms with Crippen molar-refractivity contribution in [3.05, 3.63) is 40.6 Å². The van der Waals surface area contributed by atoms with Crippen LogP contribution in [0, 0.1) is 5.82 Å². The average Bonchev–Trinajstić information content (AvgIpc) is 2.76. The SMILES string of the molecule is CCCCCCN1C(=O)C(SC(C)C)=C(c2ccc(F)cc2)C1=O. The van der Waals surface area contributed by atoms with Gasteiger partial charge >= 0.3 is 0 Å². The van der Waals surface area contributed by atoms with E-state index in [1.54, 1.807) is 12.1 Å². The predicted octanol–water partition coefficient (Wildman–Crippen LogP) is 4.63. The zero-order chi connectivity index (χ0) is 17.7. The van der Waals surface area contributed by atoms with Crippen molar-refractivity contribution >= 4 is 29.1 Å². The van der Waals surface area contributed by atoms with E-state index in [0.29, 0.717) is 22.6 Å². The van der Waals surface area contributed by atoms with E-state index in [1.165, 1.54) is 28.8 Å². The molecule has 1 aromatic rings. The van der Waals surface area contributed by atoms with Crippen LogP contribution in [0.2, 0.25) is 0 Å². The van der Waals surface area contributed by atoms with Gasteiger partial charge in [-0.15, -0.1) is 11.8 Å². The van der Waals surface area contributed by atoms with E-state index in [1.807, 2.05) is 13.8 Å². The van der Waals surface area contributed by atoms with Gasteiger partial charge in [0.05, 0.1) is 10.5 Å². The topological polar surface area (TPSA) is 37.4 Å². The van der Waals surface area contributed by atoms with Gasteiger partial charge < -0.3 is 0 Å². The van der Waals surface area contributed by atoms with E-state index in [4.69, 9.17) is 0 Å². The highest BCUT2D eigenvalue weighted by Crippen LogP contribution is 2.38. The van der Waals surface area contributed by atoms with Crippen LogP contribution in [-0.2, 0) is 9.59 Å². The molecule has 2 rings (SSSR count). The number of unbranched alkanes of at least 4 members (excludes halogenated alkanes) is 3. The molecule has 0 N–H and O–H groups in total. The lowest BCUT2D eigenvalue weighted by atomic mass is 10.1. The third-order valence-electron chi connectivity index (χ3n) is 3.85. The van der Waals surface area contributed by atoms with E-state index < -0.39 is 0 Å². The summed E-state index contributed by atoms with van der Waals surface area (Å²) >= 11 is 1.40. The molecule has 1 aliphatic heterocycles. The van der Waals surface area contributed by atoms with Gasteiger partial charge in [0.1, 0.15) is 5.82 Å². The summed E-state index contributed by atoms with van der Waals surface area (Å²) < 4.78 is 13.2. The lowest BCUT2D eigenvalue weighted by Crippen LogP contribution is -2.32. The molecule has 0 unspecified atom stereocenters. The summed E-state index contributed by atoms with van der Waals surface area (Å²) in [5, 5.41) is 0.187. The molecule has 0 fully saturated rings. The molecule has 1 heterocycles. The molecule has 0 saturated heterocycles. The zero-order valence-corrected chi connectivity index (χ0v) is 15.3. The van der Waals surface area contributed by atoms with Crippen LogP contribution in [-0.4, -0.2) is 28.5 Å². The Kier molecular flexibility index (Phi) is 6.60. The second kappa shape index (κ2) is 8.47. The first-order valence-corrected chi connectivity index (χ1v) is 9.36. The summed E-state index contributed by atoms with van der Waals surface area (Å²) in [5.74, 6) is -0.827. The molecule has 1 aliphatic rings. The largest absolute Gasteiger partial charge is 0.274 e. The summed E-state index contributed by atoms with van der Waals surface area (Å²) in [7, 11) is 0. The number of benzene rings is 1. The van der Waals surface area contributed by atoms with Crippen molar-refractivity contribution in [3.63, 3.8) is 0 Å². The molecule has 0 saturated carbocycles. The number of carbonyl (C=O) groups excluding carboxylic acids is 2. The fraction of sp³-hybridized carbons (Fsp3) is 0.474. The van der Waals surface area contributed by atoms with Crippen LogP contribution in [0.4, 0.5) is 4.39 Å². The summed E-state index contributed by atoms with van der Waals surface area (Å²) in [5.41, 5.74) is 1.02. The van der Waals surface area contributed by atoms with Crippen LogP contribution in [0.1, 0.15) is 52.0 Å². The highest BCUT2D eigenvalue weighted by atomic mass is 32.2. The number of hydrogen-bond acceptors (Lipinski definition) is 3. The molecule has 2 amide bonds. The van der Waals surface area contributed by atoms with Gasteiger partial charge in [-0.05, 0) is 24.1 Å². The lowest BCUT2D eigenvalue weighted by Gasteiger charge is -2.15. The fourth-order valence-corrected chi connectivity index (χ4v) is 3.68. The van der Waals surface area contributed by atoms with Gasteiger partial charge in [0, 0.05) is 11.8 Å². The molecule has 0 aromatic heterocycles. The molecule has 0 aliphatic carbocycles. The highest BCUT2D eigenvalue weighted by molar-refractivity contribution is 8.04. The van der Waals surface area contributed by atoms with Crippen molar-refractivity contribution in [1.29, 1.82) is 0 Å². The summed E-state index contributed by atoms with van der Waals surface area (Å²) in [6, 6.07) is 5.78. The molecule has 0 atom stereocenters. The van der Waals surface area contributed by atoms with Crippen molar-refractivity contribution in [2.45, 2.75) is 51.7 Å². The Morgan fingerprint density at radius 3 is 2.29 bits per heavy atom. The minimum atomic E-state index is -0.356. The Labute approximate surface area is 147 Å². The first-order valence-electron chi connectivity index (χ1n) is 8.48. The fourth-order valence-electron chi connectivity index (χ4n) is 2.67. The van der Waals surface area contributed by atoms with Crippen molar-refractivity contribution in [3.8, 4) is 0 Å². The van der Waals surface area contributed by atoms with Crippen molar-refractivity contribution in [1.82, 2.24) is 4.90 Å². The second-order valence-corrected chi connectivity index (χ2v) is 7.79. The van der Waals surface area contributed by atoms with Crippen LogP contribution >= 0.6 is 11.8 Å². The Morgan fingerprint density at radius 1 is 1.04 bits per heavy atom. The molecule has 5 heteroatoms. The number of thioether (sulfide) groups is 1. The first-order chi connectivity index (χ1) is 11.5. The normalized spacial score (nSPS) is 15.1. The minimum absolute atomic E-state index is 0.187. The van der Waals surface area contributed by atoms with Gasteiger partial charge in [0.2, 0.25) is 0 Å². The maximum atomic E-state index is 13.2. The van der Waals surface area contributed by atoms with Gasteiger partial charge in [-0.25, -0.2) is 4.39 Å². The molecular formula is C19H24FNO2S. The number of halogens is 1. The Morgan fingerprint density at radius 2 is 1.71 bits per heavy atom. The molecule has 1 aromatic carbocycles. The highest BCUT2D eigenvalue weighted by Gasteiger charge is 2.39. The molecule has 0 spiro atoms. The summed E-state index contributed by atoms with van der Waals surface area (Å²) in [6.45, 7) is 6.55. The van der Waals surface area contributed by atoms with Crippen LogP contribution in [0.5, 0.6) is 0 Å². The maximum absolute atomic E-state index is 13.2. The van der Waals surface area contributed by atoms with E-state index in [0.717, 1.165) is 25.7 Å². The van der Waals surface area contributed by atoms with Gasteiger partial charge in [-0.3, -0.25) is 14.5 Å². The lowest BCUT2D eigenvalue weighted by molar-refractivity contribution is -0.136. The molecular weight excluding hydrogens is 325 g/mol. The second-order valence-electron chi connectivity index (χ2n) is 6.20. The van der Waals surface area contributed by atoms with Crippen molar-refractivity contribution in [2.75, 3.05) is 6.54 Å². The Bertz CT molecular complexity index is 637. The quantitative estimate of drug-likeness (QED) is 0.507. The summed E-state index contributed by atoms with van der Waals surface area (Å²) in [4.78, 5) is 27.3. The van der Waals surface area contributed by atoms with Gasteiger partial charge in [-0.1, -0.05) is 52.2 Å². The Hall–Kier alpha value is -1.62. The van der Waals surface area contributed by atoms with Crippen molar-refractivity contribution in [2.24, 2.45) is 0 Å². The third kappa shape index (κ3) is 4.26. The first kappa shape index (κ1) is 18.7. The Balaban J connectivity index is 2.28. The van der Waals surface area contributed by atoms with Gasteiger partial charge in [0.25, 0.3) is 11.8 Å². The average molecular weight is 349 g/mol. The van der Waals surface area contributed by atoms with Crippen LogP contribution in [0.25, 0.3) is 5.57 Å². The number of hydrogen-bond donors (Lipinski definition) is 0. The number of nitrogens with zero attached hydrogens (tertiary/aromatic N) is 1. The number of amides is 2.